The van der Waals surface area contributed by atoms with Gasteiger partial charge in [0.1, 0.15) is 11.2 Å². The first-order valence-corrected chi connectivity index (χ1v) is 16.0. The Morgan fingerprint density at radius 3 is 1.72 bits per heavy atom. The second-order valence-electron chi connectivity index (χ2n) is 12.8. The number of hydrogen-bond donors (Lipinski definition) is 0. The summed E-state index contributed by atoms with van der Waals surface area (Å²) in [5.41, 5.74) is 14.8. The van der Waals surface area contributed by atoms with E-state index in [1.165, 1.54) is 71.8 Å². The Hall–Kier alpha value is -5.92. The van der Waals surface area contributed by atoms with Crippen LogP contribution in [0.3, 0.4) is 0 Å². The van der Waals surface area contributed by atoms with E-state index in [9.17, 15) is 0 Å². The quantitative estimate of drug-likeness (QED) is 0.188. The largest absolute Gasteiger partial charge is 0.455 e. The Morgan fingerprint density at radius 1 is 0.370 bits per heavy atom. The van der Waals surface area contributed by atoms with Gasteiger partial charge >= 0.3 is 0 Å². The Bertz CT molecular complexity index is 2700. The van der Waals surface area contributed by atoms with Crippen LogP contribution in [0, 0.1) is 0 Å². The second-order valence-corrected chi connectivity index (χ2v) is 12.8. The standard InChI is InChI=1S/C45H26O/c1-2-10-32-27(9-1)17-23-37-38-26-29(20-24-42(38)46-44(32)37)28-18-21-31-30(25-28)19-22-36-35-13-5-8-16-41(35)45(43(31)36)39-14-6-3-11-33(39)34-12-4-7-15-40(34)45/h1-26H. The molecule has 0 aliphatic heterocycles. The summed E-state index contributed by atoms with van der Waals surface area (Å²) in [7, 11) is 0. The summed E-state index contributed by atoms with van der Waals surface area (Å²) in [5.74, 6) is 0. The molecule has 0 atom stereocenters. The van der Waals surface area contributed by atoms with E-state index >= 15 is 0 Å². The lowest BCUT2D eigenvalue weighted by Crippen LogP contribution is -2.26. The maximum Gasteiger partial charge on any atom is 0.143 e. The summed E-state index contributed by atoms with van der Waals surface area (Å²) in [6.07, 6.45) is 0. The van der Waals surface area contributed by atoms with Gasteiger partial charge in [0, 0.05) is 16.2 Å². The summed E-state index contributed by atoms with van der Waals surface area (Å²) in [6.45, 7) is 0. The van der Waals surface area contributed by atoms with E-state index in [0.29, 0.717) is 0 Å². The van der Waals surface area contributed by atoms with Crippen molar-refractivity contribution in [2.45, 2.75) is 5.41 Å². The fourth-order valence-electron chi connectivity index (χ4n) is 8.80. The Labute approximate surface area is 266 Å². The van der Waals surface area contributed by atoms with E-state index in [1.54, 1.807) is 0 Å². The predicted octanol–water partition coefficient (Wildman–Crippen LogP) is 11.9. The molecule has 0 bridgehead atoms. The van der Waals surface area contributed by atoms with Crippen LogP contribution in [0.5, 0.6) is 0 Å². The molecule has 46 heavy (non-hydrogen) atoms. The van der Waals surface area contributed by atoms with Crippen LogP contribution in [0.25, 0.3) is 76.9 Å². The van der Waals surface area contributed by atoms with Gasteiger partial charge < -0.3 is 4.42 Å². The Kier molecular flexibility index (Phi) is 4.57. The highest BCUT2D eigenvalue weighted by Crippen LogP contribution is 2.64. The third kappa shape index (κ3) is 2.91. The molecule has 9 aromatic rings. The van der Waals surface area contributed by atoms with E-state index in [-0.39, 0.29) is 5.41 Å². The van der Waals surface area contributed by atoms with Gasteiger partial charge in [-0.25, -0.2) is 0 Å². The first kappa shape index (κ1) is 24.4. The molecule has 0 saturated heterocycles. The van der Waals surface area contributed by atoms with Gasteiger partial charge in [-0.3, -0.25) is 0 Å². The summed E-state index contributed by atoms with van der Waals surface area (Å²) < 4.78 is 6.42. The molecular formula is C45H26O. The smallest absolute Gasteiger partial charge is 0.143 e. The molecule has 212 valence electrons. The Morgan fingerprint density at radius 2 is 0.957 bits per heavy atom. The molecule has 0 saturated carbocycles. The number of benzene rings is 8. The summed E-state index contributed by atoms with van der Waals surface area (Å²) >= 11 is 0. The molecule has 8 aromatic carbocycles. The molecule has 0 fully saturated rings. The average Bonchev–Trinajstić information content (AvgIpc) is 3.75. The molecule has 1 heterocycles. The molecule has 0 amide bonds. The van der Waals surface area contributed by atoms with Crippen LogP contribution < -0.4 is 0 Å². The van der Waals surface area contributed by atoms with Crippen molar-refractivity contribution in [2.75, 3.05) is 0 Å². The summed E-state index contributed by atoms with van der Waals surface area (Å²) in [4.78, 5) is 0. The third-order valence-electron chi connectivity index (χ3n) is 10.7. The van der Waals surface area contributed by atoms with Crippen molar-refractivity contribution in [2.24, 2.45) is 0 Å². The minimum Gasteiger partial charge on any atom is -0.455 e. The molecule has 0 N–H and O–H groups in total. The van der Waals surface area contributed by atoms with E-state index < -0.39 is 0 Å². The Balaban J connectivity index is 1.16. The number of furan rings is 1. The van der Waals surface area contributed by atoms with Gasteiger partial charge in [0.25, 0.3) is 0 Å². The molecule has 1 nitrogen and oxygen atoms in total. The molecule has 0 unspecified atom stereocenters. The maximum atomic E-state index is 6.42. The molecule has 2 aliphatic rings. The zero-order chi connectivity index (χ0) is 30.0. The summed E-state index contributed by atoms with van der Waals surface area (Å²) in [6, 6.07) is 58.3. The van der Waals surface area contributed by atoms with Gasteiger partial charge in [-0.2, -0.15) is 0 Å². The molecular weight excluding hydrogens is 556 g/mol. The van der Waals surface area contributed by atoms with Crippen LogP contribution in [-0.2, 0) is 5.41 Å². The fraction of sp³-hybridized carbons (Fsp3) is 0.0222. The summed E-state index contributed by atoms with van der Waals surface area (Å²) in [5, 5.41) is 7.23. The van der Waals surface area contributed by atoms with Gasteiger partial charge in [-0.1, -0.05) is 133 Å². The SMILES string of the molecule is c1ccc2c(c1)-c1ccccc1C21c2ccccc2-c2ccc3cc(-c4ccc5oc6c7ccccc7ccc6c5c4)ccc3c21. The zero-order valence-electron chi connectivity index (χ0n) is 24.9. The first-order chi connectivity index (χ1) is 22.8. The maximum absolute atomic E-state index is 6.42. The van der Waals surface area contributed by atoms with Crippen molar-refractivity contribution < 1.29 is 4.42 Å². The molecule has 2 aliphatic carbocycles. The lowest BCUT2D eigenvalue weighted by atomic mass is 9.69. The van der Waals surface area contributed by atoms with Gasteiger partial charge in [-0.05, 0) is 96.1 Å². The topological polar surface area (TPSA) is 13.1 Å². The first-order valence-electron chi connectivity index (χ1n) is 16.0. The molecule has 0 radical (unpaired) electrons. The highest BCUT2D eigenvalue weighted by Gasteiger charge is 2.52. The van der Waals surface area contributed by atoms with Crippen molar-refractivity contribution >= 4 is 43.5 Å². The molecule has 1 heteroatoms. The van der Waals surface area contributed by atoms with E-state index in [2.05, 4.69) is 158 Å². The van der Waals surface area contributed by atoms with Gasteiger partial charge in [0.2, 0.25) is 0 Å². The predicted molar refractivity (Wildman–Crippen MR) is 190 cm³/mol. The van der Waals surface area contributed by atoms with Crippen molar-refractivity contribution in [3.05, 3.63) is 180 Å². The van der Waals surface area contributed by atoms with Gasteiger partial charge in [0.15, 0.2) is 0 Å². The van der Waals surface area contributed by atoms with Crippen LogP contribution >= 0.6 is 0 Å². The van der Waals surface area contributed by atoms with Crippen molar-refractivity contribution in [3.8, 4) is 33.4 Å². The average molecular weight is 583 g/mol. The van der Waals surface area contributed by atoms with Gasteiger partial charge in [-0.15, -0.1) is 0 Å². The number of fused-ring (bicyclic) bond motifs is 17. The monoisotopic (exact) mass is 582 g/mol. The number of hydrogen-bond acceptors (Lipinski definition) is 1. The van der Waals surface area contributed by atoms with Crippen molar-refractivity contribution in [1.29, 1.82) is 0 Å². The third-order valence-corrected chi connectivity index (χ3v) is 10.7. The minimum atomic E-state index is -0.350. The van der Waals surface area contributed by atoms with Crippen LogP contribution in [0.4, 0.5) is 0 Å². The highest BCUT2D eigenvalue weighted by molar-refractivity contribution is 6.15. The fourth-order valence-corrected chi connectivity index (χ4v) is 8.80. The minimum absolute atomic E-state index is 0.350. The van der Waals surface area contributed by atoms with E-state index in [1.807, 2.05) is 0 Å². The highest BCUT2D eigenvalue weighted by atomic mass is 16.3. The van der Waals surface area contributed by atoms with Crippen LogP contribution in [0.1, 0.15) is 22.3 Å². The second kappa shape index (κ2) is 8.62. The lowest BCUT2D eigenvalue weighted by molar-refractivity contribution is 0.672. The van der Waals surface area contributed by atoms with Crippen LogP contribution in [0.15, 0.2) is 162 Å². The van der Waals surface area contributed by atoms with E-state index in [4.69, 9.17) is 4.42 Å². The van der Waals surface area contributed by atoms with Crippen molar-refractivity contribution in [3.63, 3.8) is 0 Å². The van der Waals surface area contributed by atoms with Crippen LogP contribution in [0.2, 0.25) is 0 Å². The lowest BCUT2D eigenvalue weighted by Gasteiger charge is -2.31. The zero-order valence-corrected chi connectivity index (χ0v) is 24.9. The number of rotatable bonds is 1. The normalized spacial score (nSPS) is 13.8. The molecule has 11 rings (SSSR count). The van der Waals surface area contributed by atoms with E-state index in [0.717, 1.165) is 27.3 Å². The molecule has 1 aromatic heterocycles. The van der Waals surface area contributed by atoms with Gasteiger partial charge in [0.05, 0.1) is 5.41 Å². The van der Waals surface area contributed by atoms with Crippen LogP contribution in [-0.4, -0.2) is 0 Å². The van der Waals surface area contributed by atoms with Crippen molar-refractivity contribution in [1.82, 2.24) is 0 Å². The molecule has 1 spiro atoms.